The van der Waals surface area contributed by atoms with Crippen molar-refractivity contribution in [1.29, 1.82) is 0 Å². The Morgan fingerprint density at radius 1 is 1.40 bits per heavy atom. The summed E-state index contributed by atoms with van der Waals surface area (Å²) in [6.07, 6.45) is 8.52. The van der Waals surface area contributed by atoms with E-state index in [0.717, 1.165) is 48.9 Å². The zero-order valence-corrected chi connectivity index (χ0v) is 15.1. The lowest BCUT2D eigenvalue weighted by Crippen LogP contribution is -2.38. The first-order valence-corrected chi connectivity index (χ1v) is 9.47. The smallest absolute Gasteiger partial charge is 0.223 e. The Balaban J connectivity index is 1.31. The standard InChI is InChI=1S/C20H27N3O2/c1-14-11-21-22(12-14)13-16-4-3-9-23(16)20(24)8-6-17-5-7-19(25-17)18-10-15(18)2/h5,7,11-12,15-16,18H,3-4,6,8-10,13H2,1-2H3/t15-,16-,18+/m0/s1. The number of aromatic nitrogens is 2. The van der Waals surface area contributed by atoms with Crippen molar-refractivity contribution in [2.24, 2.45) is 5.92 Å². The summed E-state index contributed by atoms with van der Waals surface area (Å²) in [7, 11) is 0. The fraction of sp³-hybridized carbons (Fsp3) is 0.600. The number of nitrogens with zero attached hydrogens (tertiary/aromatic N) is 3. The van der Waals surface area contributed by atoms with E-state index < -0.39 is 0 Å². The number of likely N-dealkylation sites (tertiary alicyclic amines) is 1. The van der Waals surface area contributed by atoms with Gasteiger partial charge in [0.1, 0.15) is 11.5 Å². The molecule has 0 unspecified atom stereocenters. The number of carbonyl (C=O) groups excluding carboxylic acids is 1. The van der Waals surface area contributed by atoms with Crippen molar-refractivity contribution in [2.75, 3.05) is 6.54 Å². The van der Waals surface area contributed by atoms with Gasteiger partial charge in [0.2, 0.25) is 5.91 Å². The second-order valence-electron chi connectivity index (χ2n) is 7.75. The van der Waals surface area contributed by atoms with E-state index in [2.05, 4.69) is 18.1 Å². The highest BCUT2D eigenvalue weighted by molar-refractivity contribution is 5.77. The van der Waals surface area contributed by atoms with Gasteiger partial charge in [-0.05, 0) is 49.8 Å². The highest BCUT2D eigenvalue weighted by atomic mass is 16.3. The number of amides is 1. The molecule has 2 aromatic rings. The van der Waals surface area contributed by atoms with Crippen LogP contribution in [0.5, 0.6) is 0 Å². The van der Waals surface area contributed by atoms with Gasteiger partial charge in [-0.3, -0.25) is 9.48 Å². The summed E-state index contributed by atoms with van der Waals surface area (Å²) < 4.78 is 7.89. The molecule has 1 saturated carbocycles. The molecule has 4 rings (SSSR count). The van der Waals surface area contributed by atoms with Gasteiger partial charge in [0.25, 0.3) is 0 Å². The van der Waals surface area contributed by atoms with Gasteiger partial charge in [-0.2, -0.15) is 5.10 Å². The third-order valence-electron chi connectivity index (χ3n) is 5.60. The van der Waals surface area contributed by atoms with Crippen LogP contribution in [0.4, 0.5) is 0 Å². The van der Waals surface area contributed by atoms with Gasteiger partial charge in [-0.1, -0.05) is 6.92 Å². The monoisotopic (exact) mass is 341 g/mol. The predicted octanol–water partition coefficient (Wildman–Crippen LogP) is 3.53. The highest BCUT2D eigenvalue weighted by Gasteiger charge is 2.36. The van der Waals surface area contributed by atoms with Crippen LogP contribution in [-0.4, -0.2) is 33.2 Å². The van der Waals surface area contributed by atoms with Crippen LogP contribution in [0.1, 0.15) is 55.6 Å². The molecule has 2 aromatic heterocycles. The second kappa shape index (κ2) is 6.70. The van der Waals surface area contributed by atoms with E-state index in [4.69, 9.17) is 4.42 Å². The van der Waals surface area contributed by atoms with Crippen molar-refractivity contribution in [1.82, 2.24) is 14.7 Å². The zero-order chi connectivity index (χ0) is 17.4. The van der Waals surface area contributed by atoms with Gasteiger partial charge in [-0.15, -0.1) is 0 Å². The Labute approximate surface area is 149 Å². The first-order chi connectivity index (χ1) is 12.1. The first-order valence-electron chi connectivity index (χ1n) is 9.47. The highest BCUT2D eigenvalue weighted by Crippen LogP contribution is 2.47. The SMILES string of the molecule is Cc1cnn(C[C@@H]2CCCN2C(=O)CCc2ccc([C@@H]3C[C@@H]3C)o2)c1. The van der Waals surface area contributed by atoms with Crippen molar-refractivity contribution in [3.8, 4) is 0 Å². The summed E-state index contributed by atoms with van der Waals surface area (Å²) in [5.74, 6) is 3.63. The number of aryl methyl sites for hydroxylation is 2. The van der Waals surface area contributed by atoms with Crippen molar-refractivity contribution in [2.45, 2.75) is 64.5 Å². The van der Waals surface area contributed by atoms with Crippen molar-refractivity contribution >= 4 is 5.91 Å². The minimum absolute atomic E-state index is 0.240. The van der Waals surface area contributed by atoms with E-state index in [1.54, 1.807) is 0 Å². The molecule has 0 N–H and O–H groups in total. The van der Waals surface area contributed by atoms with E-state index in [1.807, 2.05) is 35.0 Å². The van der Waals surface area contributed by atoms with Gasteiger partial charge in [0, 0.05) is 31.5 Å². The molecule has 1 amide bonds. The van der Waals surface area contributed by atoms with Crippen LogP contribution in [0.2, 0.25) is 0 Å². The van der Waals surface area contributed by atoms with E-state index in [0.29, 0.717) is 18.8 Å². The fourth-order valence-corrected chi connectivity index (χ4v) is 3.96. The minimum atomic E-state index is 0.240. The summed E-state index contributed by atoms with van der Waals surface area (Å²) >= 11 is 0. The molecule has 25 heavy (non-hydrogen) atoms. The largest absolute Gasteiger partial charge is 0.466 e. The molecule has 1 aliphatic carbocycles. The van der Waals surface area contributed by atoms with Crippen LogP contribution >= 0.6 is 0 Å². The Hall–Kier alpha value is -2.04. The lowest BCUT2D eigenvalue weighted by molar-refractivity contribution is -0.132. The topological polar surface area (TPSA) is 51.3 Å². The molecule has 5 nitrogen and oxygen atoms in total. The summed E-state index contributed by atoms with van der Waals surface area (Å²) in [5, 5.41) is 4.36. The summed E-state index contributed by atoms with van der Waals surface area (Å²) in [6, 6.07) is 4.40. The van der Waals surface area contributed by atoms with E-state index in [1.165, 1.54) is 6.42 Å². The Kier molecular flexibility index (Phi) is 4.40. The van der Waals surface area contributed by atoms with Gasteiger partial charge in [0.15, 0.2) is 0 Å². The minimum Gasteiger partial charge on any atom is -0.466 e. The van der Waals surface area contributed by atoms with Gasteiger partial charge >= 0.3 is 0 Å². The van der Waals surface area contributed by atoms with Gasteiger partial charge in [-0.25, -0.2) is 0 Å². The average molecular weight is 341 g/mol. The van der Waals surface area contributed by atoms with Crippen molar-refractivity contribution < 1.29 is 9.21 Å². The number of furan rings is 1. The molecule has 0 aromatic carbocycles. The number of carbonyl (C=O) groups is 1. The van der Waals surface area contributed by atoms with E-state index in [-0.39, 0.29) is 11.9 Å². The van der Waals surface area contributed by atoms with Crippen molar-refractivity contribution in [3.63, 3.8) is 0 Å². The lowest BCUT2D eigenvalue weighted by Gasteiger charge is -2.24. The van der Waals surface area contributed by atoms with Crippen LogP contribution in [-0.2, 0) is 17.8 Å². The quantitative estimate of drug-likeness (QED) is 0.807. The maximum absolute atomic E-state index is 12.7. The molecule has 2 fully saturated rings. The lowest BCUT2D eigenvalue weighted by atomic mass is 10.2. The first kappa shape index (κ1) is 16.4. The van der Waals surface area contributed by atoms with Gasteiger partial charge < -0.3 is 9.32 Å². The maximum atomic E-state index is 12.7. The van der Waals surface area contributed by atoms with Crippen LogP contribution in [0.3, 0.4) is 0 Å². The molecular weight excluding hydrogens is 314 g/mol. The Morgan fingerprint density at radius 2 is 2.24 bits per heavy atom. The van der Waals surface area contributed by atoms with E-state index in [9.17, 15) is 4.79 Å². The summed E-state index contributed by atoms with van der Waals surface area (Å²) in [6.45, 7) is 5.96. The summed E-state index contributed by atoms with van der Waals surface area (Å²) in [5.41, 5.74) is 1.16. The van der Waals surface area contributed by atoms with Crippen LogP contribution < -0.4 is 0 Å². The molecule has 1 aliphatic heterocycles. The predicted molar refractivity (Wildman–Crippen MR) is 95.3 cm³/mol. The molecule has 5 heteroatoms. The number of hydrogen-bond donors (Lipinski definition) is 0. The average Bonchev–Trinajstić information content (AvgIpc) is 3.04. The fourth-order valence-electron chi connectivity index (χ4n) is 3.96. The molecule has 3 atom stereocenters. The molecule has 1 saturated heterocycles. The van der Waals surface area contributed by atoms with Gasteiger partial charge in [0.05, 0.1) is 18.8 Å². The third-order valence-corrected chi connectivity index (χ3v) is 5.60. The molecule has 2 aliphatic rings. The normalized spacial score (nSPS) is 25.5. The molecular formula is C20H27N3O2. The number of rotatable bonds is 6. The second-order valence-corrected chi connectivity index (χ2v) is 7.75. The molecule has 0 bridgehead atoms. The number of hydrogen-bond acceptors (Lipinski definition) is 3. The maximum Gasteiger partial charge on any atom is 0.223 e. The molecule has 134 valence electrons. The summed E-state index contributed by atoms with van der Waals surface area (Å²) in [4.78, 5) is 14.7. The van der Waals surface area contributed by atoms with Crippen LogP contribution in [0.25, 0.3) is 0 Å². The molecule has 3 heterocycles. The molecule has 0 spiro atoms. The van der Waals surface area contributed by atoms with Crippen LogP contribution in [0.15, 0.2) is 28.9 Å². The van der Waals surface area contributed by atoms with E-state index >= 15 is 0 Å². The zero-order valence-electron chi connectivity index (χ0n) is 15.1. The molecule has 0 radical (unpaired) electrons. The third kappa shape index (κ3) is 3.65. The Bertz CT molecular complexity index is 748. The Morgan fingerprint density at radius 3 is 2.96 bits per heavy atom. The van der Waals surface area contributed by atoms with Crippen molar-refractivity contribution in [3.05, 3.63) is 41.6 Å². The van der Waals surface area contributed by atoms with Crippen LogP contribution in [0, 0.1) is 12.8 Å².